The van der Waals surface area contributed by atoms with Gasteiger partial charge in [-0.25, -0.2) is 0 Å². The zero-order valence-corrected chi connectivity index (χ0v) is 16.7. The van der Waals surface area contributed by atoms with Gasteiger partial charge in [0.1, 0.15) is 0 Å². The zero-order valence-electron chi connectivity index (χ0n) is 16.7. The lowest BCUT2D eigenvalue weighted by molar-refractivity contribution is -0.130. The number of rotatable bonds is 10. The van der Waals surface area contributed by atoms with Gasteiger partial charge >= 0.3 is 0 Å². The van der Waals surface area contributed by atoms with Gasteiger partial charge in [-0.2, -0.15) is 0 Å². The van der Waals surface area contributed by atoms with Crippen molar-refractivity contribution in [3.8, 4) is 0 Å². The van der Waals surface area contributed by atoms with E-state index in [4.69, 9.17) is 4.74 Å². The van der Waals surface area contributed by atoms with Crippen molar-refractivity contribution in [2.45, 2.75) is 45.1 Å². The van der Waals surface area contributed by atoms with Crippen LogP contribution in [0.5, 0.6) is 0 Å². The Balaban J connectivity index is 1.66. The molecule has 2 fully saturated rings. The third kappa shape index (κ3) is 7.10. The lowest BCUT2D eigenvalue weighted by Crippen LogP contribution is -2.50. The standard InChI is InChI=1S/C19H34N4O4/c1-15-6-7-16(19(26)21-9-12-27-2)13-23(15)14-17(24)20-8-4-11-22-10-3-5-18(22)25/h15-16H,3-14H2,1-2H3,(H,20,24)(H,21,26). The van der Waals surface area contributed by atoms with Gasteiger partial charge in [-0.15, -0.1) is 0 Å². The van der Waals surface area contributed by atoms with Crippen LogP contribution in [0.25, 0.3) is 0 Å². The first kappa shape index (κ1) is 21.6. The Morgan fingerprint density at radius 3 is 2.74 bits per heavy atom. The Hall–Kier alpha value is -1.67. The van der Waals surface area contributed by atoms with Gasteiger partial charge in [-0.3, -0.25) is 19.3 Å². The van der Waals surface area contributed by atoms with Crippen LogP contribution < -0.4 is 10.6 Å². The van der Waals surface area contributed by atoms with Crippen LogP contribution >= 0.6 is 0 Å². The third-order valence-electron chi connectivity index (χ3n) is 5.43. The largest absolute Gasteiger partial charge is 0.383 e. The topological polar surface area (TPSA) is 91.0 Å². The zero-order chi connectivity index (χ0) is 19.6. The van der Waals surface area contributed by atoms with E-state index in [2.05, 4.69) is 22.5 Å². The van der Waals surface area contributed by atoms with E-state index >= 15 is 0 Å². The Morgan fingerprint density at radius 2 is 2.04 bits per heavy atom. The average Bonchev–Trinajstić information content (AvgIpc) is 3.05. The van der Waals surface area contributed by atoms with Gasteiger partial charge in [-0.1, -0.05) is 0 Å². The summed E-state index contributed by atoms with van der Waals surface area (Å²) in [6.45, 7) is 6.17. The van der Waals surface area contributed by atoms with Gasteiger partial charge in [0, 0.05) is 52.3 Å². The van der Waals surface area contributed by atoms with Gasteiger partial charge in [0.25, 0.3) is 0 Å². The summed E-state index contributed by atoms with van der Waals surface area (Å²) in [7, 11) is 1.61. The Kier molecular flexibility index (Phi) is 9.00. The fourth-order valence-electron chi connectivity index (χ4n) is 3.71. The molecular weight excluding hydrogens is 348 g/mol. The summed E-state index contributed by atoms with van der Waals surface area (Å²) >= 11 is 0. The number of nitrogens with one attached hydrogen (secondary N) is 2. The number of hydrogen-bond acceptors (Lipinski definition) is 5. The summed E-state index contributed by atoms with van der Waals surface area (Å²) in [5.74, 6) is 0.167. The number of carbonyl (C=O) groups is 3. The molecule has 2 atom stereocenters. The minimum atomic E-state index is -0.0768. The van der Waals surface area contributed by atoms with Crippen molar-refractivity contribution in [1.29, 1.82) is 0 Å². The highest BCUT2D eigenvalue weighted by Gasteiger charge is 2.30. The highest BCUT2D eigenvalue weighted by atomic mass is 16.5. The summed E-state index contributed by atoms with van der Waals surface area (Å²) in [6.07, 6.45) is 4.13. The fraction of sp³-hybridized carbons (Fsp3) is 0.842. The molecule has 8 nitrogen and oxygen atoms in total. The molecule has 0 aromatic heterocycles. The first-order valence-corrected chi connectivity index (χ1v) is 10.1. The molecule has 0 spiro atoms. The van der Waals surface area contributed by atoms with Crippen LogP contribution in [-0.2, 0) is 19.1 Å². The van der Waals surface area contributed by atoms with Crippen LogP contribution in [0.1, 0.15) is 39.0 Å². The Morgan fingerprint density at radius 1 is 1.22 bits per heavy atom. The molecule has 2 heterocycles. The normalized spacial score (nSPS) is 23.5. The molecule has 0 radical (unpaired) electrons. The molecule has 0 aromatic rings. The number of methoxy groups -OCH3 is 1. The molecule has 0 aromatic carbocycles. The van der Waals surface area contributed by atoms with E-state index in [0.29, 0.717) is 51.8 Å². The van der Waals surface area contributed by atoms with E-state index in [0.717, 1.165) is 32.2 Å². The molecule has 0 saturated carbocycles. The maximum atomic E-state index is 12.3. The first-order chi connectivity index (χ1) is 13.0. The SMILES string of the molecule is COCCNC(=O)C1CCC(C)N(CC(=O)NCCCN2CCCC2=O)C1. The highest BCUT2D eigenvalue weighted by Crippen LogP contribution is 2.21. The maximum absolute atomic E-state index is 12.3. The van der Waals surface area contributed by atoms with Gasteiger partial charge in [0.15, 0.2) is 0 Å². The molecular formula is C19H34N4O4. The summed E-state index contributed by atoms with van der Waals surface area (Å²) in [6, 6.07) is 0.293. The van der Waals surface area contributed by atoms with E-state index in [1.807, 2.05) is 4.90 Å². The summed E-state index contributed by atoms with van der Waals surface area (Å²) < 4.78 is 4.96. The van der Waals surface area contributed by atoms with Gasteiger partial charge in [0.05, 0.1) is 19.1 Å². The molecule has 2 saturated heterocycles. The van der Waals surface area contributed by atoms with Crippen molar-refractivity contribution >= 4 is 17.7 Å². The van der Waals surface area contributed by atoms with Crippen LogP contribution in [0, 0.1) is 5.92 Å². The number of amides is 3. The lowest BCUT2D eigenvalue weighted by atomic mass is 9.92. The molecule has 0 bridgehead atoms. The van der Waals surface area contributed by atoms with Crippen molar-refractivity contribution < 1.29 is 19.1 Å². The van der Waals surface area contributed by atoms with Crippen molar-refractivity contribution in [3.05, 3.63) is 0 Å². The van der Waals surface area contributed by atoms with Crippen LogP contribution in [-0.4, -0.2) is 86.5 Å². The predicted molar refractivity (Wildman–Crippen MR) is 102 cm³/mol. The van der Waals surface area contributed by atoms with Gasteiger partial charge in [-0.05, 0) is 32.6 Å². The second-order valence-corrected chi connectivity index (χ2v) is 7.52. The van der Waals surface area contributed by atoms with Crippen LogP contribution in [0.15, 0.2) is 0 Å². The Labute approximate surface area is 162 Å². The molecule has 154 valence electrons. The second kappa shape index (κ2) is 11.2. The number of nitrogens with zero attached hydrogens (tertiary/aromatic N) is 2. The lowest BCUT2D eigenvalue weighted by Gasteiger charge is -2.36. The minimum absolute atomic E-state index is 0.0185. The maximum Gasteiger partial charge on any atom is 0.234 e. The average molecular weight is 383 g/mol. The van der Waals surface area contributed by atoms with Crippen LogP contribution in [0.2, 0.25) is 0 Å². The van der Waals surface area contributed by atoms with Crippen molar-refractivity contribution in [3.63, 3.8) is 0 Å². The van der Waals surface area contributed by atoms with Crippen molar-refractivity contribution in [2.24, 2.45) is 5.92 Å². The predicted octanol–water partition coefficient (Wildman–Crippen LogP) is -0.0218. The molecule has 2 aliphatic heterocycles. The molecule has 2 N–H and O–H groups in total. The first-order valence-electron chi connectivity index (χ1n) is 10.1. The molecule has 2 unspecified atom stereocenters. The Bertz CT molecular complexity index is 514. The molecule has 27 heavy (non-hydrogen) atoms. The third-order valence-corrected chi connectivity index (χ3v) is 5.43. The van der Waals surface area contributed by atoms with Gasteiger partial charge < -0.3 is 20.3 Å². The van der Waals surface area contributed by atoms with Crippen LogP contribution in [0.4, 0.5) is 0 Å². The fourth-order valence-corrected chi connectivity index (χ4v) is 3.71. The van der Waals surface area contributed by atoms with E-state index in [-0.39, 0.29) is 23.6 Å². The van der Waals surface area contributed by atoms with Crippen LogP contribution in [0.3, 0.4) is 0 Å². The summed E-state index contributed by atoms with van der Waals surface area (Å²) in [5, 5.41) is 5.83. The molecule has 3 amide bonds. The number of hydrogen-bond donors (Lipinski definition) is 2. The van der Waals surface area contributed by atoms with Gasteiger partial charge in [0.2, 0.25) is 17.7 Å². The van der Waals surface area contributed by atoms with E-state index in [1.165, 1.54) is 0 Å². The van der Waals surface area contributed by atoms with E-state index < -0.39 is 0 Å². The van der Waals surface area contributed by atoms with Crippen molar-refractivity contribution in [1.82, 2.24) is 20.4 Å². The van der Waals surface area contributed by atoms with E-state index in [1.54, 1.807) is 7.11 Å². The highest BCUT2D eigenvalue weighted by molar-refractivity contribution is 5.80. The second-order valence-electron chi connectivity index (χ2n) is 7.52. The molecule has 0 aliphatic carbocycles. The minimum Gasteiger partial charge on any atom is -0.383 e. The van der Waals surface area contributed by atoms with Crippen molar-refractivity contribution in [2.75, 3.05) is 53.0 Å². The summed E-state index contributed by atoms with van der Waals surface area (Å²) in [4.78, 5) is 40.0. The molecule has 2 aliphatic rings. The number of likely N-dealkylation sites (tertiary alicyclic amines) is 2. The number of carbonyl (C=O) groups excluding carboxylic acids is 3. The molecule has 8 heteroatoms. The number of ether oxygens (including phenoxy) is 1. The number of piperidine rings is 1. The smallest absolute Gasteiger partial charge is 0.234 e. The molecule has 2 rings (SSSR count). The monoisotopic (exact) mass is 382 g/mol. The van der Waals surface area contributed by atoms with E-state index in [9.17, 15) is 14.4 Å². The summed E-state index contributed by atoms with van der Waals surface area (Å²) in [5.41, 5.74) is 0. The quantitative estimate of drug-likeness (QED) is 0.518.